The third-order valence-corrected chi connectivity index (χ3v) is 7.86. The molecule has 180 valence electrons. The molecule has 2 bridgehead atoms. The lowest BCUT2D eigenvalue weighted by Gasteiger charge is -2.27. The van der Waals surface area contributed by atoms with Crippen LogP contribution in [0.2, 0.25) is 0 Å². The number of nitrogens with one attached hydrogen (secondary N) is 2. The van der Waals surface area contributed by atoms with Gasteiger partial charge in [-0.3, -0.25) is 14.5 Å². The van der Waals surface area contributed by atoms with Crippen molar-refractivity contribution in [1.82, 2.24) is 20.1 Å². The van der Waals surface area contributed by atoms with Crippen LogP contribution in [0.15, 0.2) is 42.6 Å². The van der Waals surface area contributed by atoms with Gasteiger partial charge in [-0.25, -0.2) is 0 Å². The maximum Gasteiger partial charge on any atom is 0.230 e. The summed E-state index contributed by atoms with van der Waals surface area (Å²) in [5.74, 6) is -0.890. The van der Waals surface area contributed by atoms with E-state index in [-0.39, 0.29) is 17.9 Å². The number of nitrogens with zero attached hydrogens (tertiary/aromatic N) is 2. The van der Waals surface area contributed by atoms with E-state index in [0.29, 0.717) is 19.6 Å². The second-order valence-electron chi connectivity index (χ2n) is 9.87. The lowest BCUT2D eigenvalue weighted by atomic mass is 9.77. The van der Waals surface area contributed by atoms with Crippen LogP contribution in [0, 0.1) is 11.8 Å². The van der Waals surface area contributed by atoms with Gasteiger partial charge in [-0.1, -0.05) is 30.4 Å². The van der Waals surface area contributed by atoms with Crippen molar-refractivity contribution in [2.24, 2.45) is 11.8 Å². The number of carbonyl (C=O) groups excluding carboxylic acids is 2. The molecule has 1 spiro atoms. The Balaban J connectivity index is 1.07. The molecular formula is C26H32N4O4. The van der Waals surface area contributed by atoms with Crippen molar-refractivity contribution < 1.29 is 19.1 Å². The fourth-order valence-corrected chi connectivity index (χ4v) is 6.12. The van der Waals surface area contributed by atoms with Gasteiger partial charge in [-0.15, -0.1) is 0 Å². The number of aromatic nitrogens is 1. The molecule has 4 atom stereocenters. The van der Waals surface area contributed by atoms with Crippen LogP contribution < -0.4 is 5.32 Å². The second-order valence-corrected chi connectivity index (χ2v) is 9.87. The molecule has 34 heavy (non-hydrogen) atoms. The summed E-state index contributed by atoms with van der Waals surface area (Å²) in [6.07, 6.45) is 7.38. The van der Waals surface area contributed by atoms with Crippen molar-refractivity contribution in [3.8, 4) is 0 Å². The maximum atomic E-state index is 13.5. The summed E-state index contributed by atoms with van der Waals surface area (Å²) in [5.41, 5.74) is 1.65. The minimum atomic E-state index is -0.655. The first-order chi connectivity index (χ1) is 16.6. The van der Waals surface area contributed by atoms with Crippen molar-refractivity contribution >= 4 is 22.7 Å². The van der Waals surface area contributed by atoms with Crippen LogP contribution in [0.5, 0.6) is 0 Å². The van der Waals surface area contributed by atoms with Crippen LogP contribution in [-0.4, -0.2) is 90.8 Å². The number of rotatable bonds is 8. The first-order valence-corrected chi connectivity index (χ1v) is 12.4. The van der Waals surface area contributed by atoms with E-state index in [1.165, 1.54) is 10.9 Å². The van der Waals surface area contributed by atoms with Crippen LogP contribution in [0.1, 0.15) is 12.0 Å². The number of hydrogen-bond donors (Lipinski definition) is 2. The third kappa shape index (κ3) is 3.74. The molecule has 0 aliphatic carbocycles. The van der Waals surface area contributed by atoms with Crippen molar-refractivity contribution in [2.75, 3.05) is 52.5 Å². The monoisotopic (exact) mass is 464 g/mol. The minimum Gasteiger partial charge on any atom is -0.379 e. The molecule has 1 aromatic heterocycles. The Morgan fingerprint density at radius 1 is 1.21 bits per heavy atom. The first-order valence-electron chi connectivity index (χ1n) is 12.4. The van der Waals surface area contributed by atoms with Crippen LogP contribution >= 0.6 is 0 Å². The van der Waals surface area contributed by atoms with E-state index >= 15 is 0 Å². The summed E-state index contributed by atoms with van der Waals surface area (Å²) < 4.78 is 11.7. The number of ether oxygens (including phenoxy) is 2. The summed E-state index contributed by atoms with van der Waals surface area (Å²) in [6, 6.07) is 8.21. The highest BCUT2D eigenvalue weighted by Gasteiger charge is 2.66. The Morgan fingerprint density at radius 2 is 2.06 bits per heavy atom. The van der Waals surface area contributed by atoms with Gasteiger partial charge in [0.05, 0.1) is 37.7 Å². The summed E-state index contributed by atoms with van der Waals surface area (Å²) in [5, 5.41) is 4.28. The number of morpholine rings is 1. The molecule has 5 heterocycles. The van der Waals surface area contributed by atoms with E-state index in [2.05, 4.69) is 27.3 Å². The fraction of sp³-hybridized carbons (Fsp3) is 0.538. The SMILES string of the molecule is O=C(NCCCN1CCOCC1)[C@H]1[C@H]2C=C[C@@]3(CN(CCc4c[nH]c5ccccc45)C(=O)[C@@H]13)O2. The lowest BCUT2D eigenvalue weighted by Crippen LogP contribution is -2.45. The Bertz CT molecular complexity index is 1110. The molecule has 0 unspecified atom stereocenters. The molecular weight excluding hydrogens is 432 g/mol. The van der Waals surface area contributed by atoms with E-state index in [1.807, 2.05) is 35.4 Å². The fourth-order valence-electron chi connectivity index (χ4n) is 6.12. The highest BCUT2D eigenvalue weighted by Crippen LogP contribution is 2.51. The van der Waals surface area contributed by atoms with Gasteiger partial charge >= 0.3 is 0 Å². The quantitative estimate of drug-likeness (QED) is 0.455. The smallest absolute Gasteiger partial charge is 0.230 e. The Morgan fingerprint density at radius 3 is 2.94 bits per heavy atom. The van der Waals surface area contributed by atoms with Crippen LogP contribution in [0.25, 0.3) is 10.9 Å². The van der Waals surface area contributed by atoms with Crippen LogP contribution in [-0.2, 0) is 25.5 Å². The summed E-state index contributed by atoms with van der Waals surface area (Å²) in [6.45, 7) is 6.16. The molecule has 8 nitrogen and oxygen atoms in total. The molecule has 3 fully saturated rings. The Kier molecular flexibility index (Phi) is 5.67. The molecule has 0 saturated carbocycles. The van der Waals surface area contributed by atoms with Gasteiger partial charge in [-0.2, -0.15) is 0 Å². The van der Waals surface area contributed by atoms with Crippen molar-refractivity contribution in [1.29, 1.82) is 0 Å². The number of aromatic amines is 1. The van der Waals surface area contributed by atoms with Crippen molar-refractivity contribution in [2.45, 2.75) is 24.5 Å². The molecule has 2 aromatic rings. The number of hydrogen-bond acceptors (Lipinski definition) is 5. The van der Waals surface area contributed by atoms with Gasteiger partial charge in [0.15, 0.2) is 0 Å². The molecule has 8 heteroatoms. The van der Waals surface area contributed by atoms with Gasteiger partial charge in [0.25, 0.3) is 0 Å². The van der Waals surface area contributed by atoms with E-state index in [4.69, 9.17) is 9.47 Å². The van der Waals surface area contributed by atoms with E-state index in [9.17, 15) is 9.59 Å². The zero-order chi connectivity index (χ0) is 23.1. The van der Waals surface area contributed by atoms with Crippen LogP contribution in [0.4, 0.5) is 0 Å². The third-order valence-electron chi connectivity index (χ3n) is 7.86. The zero-order valence-corrected chi connectivity index (χ0v) is 19.4. The zero-order valence-electron chi connectivity index (χ0n) is 19.4. The molecule has 1 aromatic carbocycles. The highest BCUT2D eigenvalue weighted by molar-refractivity contribution is 5.93. The molecule has 2 amide bonds. The predicted octanol–water partition coefficient (Wildman–Crippen LogP) is 1.33. The number of fused-ring (bicyclic) bond motifs is 2. The number of H-pyrrole nitrogens is 1. The molecule has 6 rings (SSSR count). The Labute approximate surface area is 199 Å². The van der Waals surface area contributed by atoms with Crippen LogP contribution in [0.3, 0.4) is 0 Å². The number of benzene rings is 1. The Hall–Kier alpha value is -2.68. The molecule has 4 aliphatic rings. The highest BCUT2D eigenvalue weighted by atomic mass is 16.5. The van der Waals surface area contributed by atoms with Gasteiger partial charge in [0.1, 0.15) is 5.60 Å². The first kappa shape index (κ1) is 21.8. The maximum absolute atomic E-state index is 13.5. The molecule has 3 saturated heterocycles. The lowest BCUT2D eigenvalue weighted by molar-refractivity contribution is -0.137. The number of carbonyl (C=O) groups is 2. The largest absolute Gasteiger partial charge is 0.379 e. The molecule has 0 radical (unpaired) electrons. The average Bonchev–Trinajstić information content (AvgIpc) is 3.61. The summed E-state index contributed by atoms with van der Waals surface area (Å²) >= 11 is 0. The van der Waals surface area contributed by atoms with Gasteiger partial charge in [0, 0.05) is 43.3 Å². The van der Waals surface area contributed by atoms with Gasteiger partial charge < -0.3 is 24.7 Å². The predicted molar refractivity (Wildman–Crippen MR) is 127 cm³/mol. The summed E-state index contributed by atoms with van der Waals surface area (Å²) in [4.78, 5) is 34.1. The second kappa shape index (κ2) is 8.83. The van der Waals surface area contributed by atoms with E-state index < -0.39 is 17.4 Å². The van der Waals surface area contributed by atoms with Gasteiger partial charge in [-0.05, 0) is 31.0 Å². The topological polar surface area (TPSA) is 86.9 Å². The van der Waals surface area contributed by atoms with E-state index in [0.717, 1.165) is 51.2 Å². The number of likely N-dealkylation sites (tertiary alicyclic amines) is 1. The molecule has 2 N–H and O–H groups in total. The number of para-hydroxylation sites is 1. The van der Waals surface area contributed by atoms with Gasteiger partial charge in [0.2, 0.25) is 11.8 Å². The number of amides is 2. The van der Waals surface area contributed by atoms with E-state index in [1.54, 1.807) is 0 Å². The standard InChI is InChI=1S/C26H32N4O4/c31-24(27-9-3-10-29-12-14-33-15-13-29)22-21-6-8-26(34-21)17-30(25(32)23(22)26)11-7-18-16-28-20-5-2-1-4-19(18)20/h1-2,4-6,8,16,21-23,28H,3,7,9-15,17H2,(H,27,31)/t21-,22+,23-,26+/m1/s1. The minimum absolute atomic E-state index is 0.0418. The van der Waals surface area contributed by atoms with Crippen molar-refractivity contribution in [3.05, 3.63) is 48.2 Å². The summed E-state index contributed by atoms with van der Waals surface area (Å²) in [7, 11) is 0. The van der Waals surface area contributed by atoms with Crippen molar-refractivity contribution in [3.63, 3.8) is 0 Å². The normalized spacial score (nSPS) is 30.4. The molecule has 4 aliphatic heterocycles. The average molecular weight is 465 g/mol.